The third-order valence-electron chi connectivity index (χ3n) is 7.89. The molecule has 195 valence electrons. The number of allylic oxidation sites excluding steroid dienone is 4. The molecule has 39 heavy (non-hydrogen) atoms. The van der Waals surface area contributed by atoms with Gasteiger partial charge in [0, 0.05) is 0 Å². The Kier molecular flexibility index (Phi) is 9.49. The van der Waals surface area contributed by atoms with Gasteiger partial charge in [-0.15, -0.1) is 0 Å². The molecule has 0 amide bonds. The van der Waals surface area contributed by atoms with Gasteiger partial charge in [-0.05, 0) is 0 Å². The van der Waals surface area contributed by atoms with Crippen LogP contribution in [0.25, 0.3) is 16.7 Å². The Balaban J connectivity index is 0.00000176. The normalized spacial score (nSPS) is 14.6. The summed E-state index contributed by atoms with van der Waals surface area (Å²) in [6.45, 7) is 9.31. The molecule has 0 aliphatic heterocycles. The summed E-state index contributed by atoms with van der Waals surface area (Å²) in [5, 5.41) is 0. The molecule has 0 fully saturated rings. The molecule has 0 heterocycles. The Morgan fingerprint density at radius 2 is 1.44 bits per heavy atom. The third-order valence-corrected chi connectivity index (χ3v) is 12.2. The summed E-state index contributed by atoms with van der Waals surface area (Å²) in [5.41, 5.74) is 16.3. The van der Waals surface area contributed by atoms with Gasteiger partial charge in [0.15, 0.2) is 0 Å². The van der Waals surface area contributed by atoms with Gasteiger partial charge >= 0.3 is 234 Å². The number of aryl methyl sites for hydroxylation is 1. The molecular weight excluding hydrogens is 595 g/mol. The van der Waals surface area contributed by atoms with E-state index in [0.717, 1.165) is 6.42 Å². The summed E-state index contributed by atoms with van der Waals surface area (Å²) < 4.78 is 2.07. The fourth-order valence-corrected chi connectivity index (χ4v) is 10.6. The van der Waals surface area contributed by atoms with E-state index >= 15 is 0 Å². The Labute approximate surface area is 257 Å². The molecule has 2 aliphatic rings. The van der Waals surface area contributed by atoms with Gasteiger partial charge in [0.25, 0.3) is 0 Å². The van der Waals surface area contributed by atoms with Crippen LogP contribution in [0.5, 0.6) is 0 Å². The summed E-state index contributed by atoms with van der Waals surface area (Å²) in [7, 11) is 0. The van der Waals surface area contributed by atoms with Crippen LogP contribution >= 0.6 is 0 Å². The molecule has 0 radical (unpaired) electrons. The molecule has 6 rings (SSSR count). The zero-order valence-corrected chi connectivity index (χ0v) is 26.9. The largest absolute Gasteiger partial charge is 1.00 e. The maximum atomic E-state index is 2.54. The van der Waals surface area contributed by atoms with E-state index in [-0.39, 0.29) is 24.8 Å². The molecule has 3 heteroatoms. The number of halogens is 2. The summed E-state index contributed by atoms with van der Waals surface area (Å²) >= 11 is -1.14. The first-order valence-corrected chi connectivity index (χ1v) is 16.1. The van der Waals surface area contributed by atoms with Crippen LogP contribution < -0.4 is 24.8 Å². The zero-order chi connectivity index (χ0) is 25.5. The SMILES string of the molecule is Cc1ccc2c(c1)[CH]([Zr+2]=[C](c1ccccc1)c1ccccc1)c1c-2cc(C(C)C)c(C)c1C1=CC=CC1.[Cl-].[Cl-]. The zero-order valence-electron chi connectivity index (χ0n) is 22.9. The Morgan fingerprint density at radius 3 is 2.00 bits per heavy atom. The molecule has 2 aliphatic carbocycles. The number of rotatable bonds is 5. The topological polar surface area (TPSA) is 0 Å². The predicted molar refractivity (Wildman–Crippen MR) is 155 cm³/mol. The van der Waals surface area contributed by atoms with Crippen molar-refractivity contribution in [1.29, 1.82) is 0 Å². The molecule has 0 aromatic heterocycles. The molecule has 1 unspecified atom stereocenters. The Morgan fingerprint density at radius 1 is 0.795 bits per heavy atom. The van der Waals surface area contributed by atoms with Crippen molar-refractivity contribution in [3.05, 3.63) is 148 Å². The van der Waals surface area contributed by atoms with Crippen molar-refractivity contribution in [2.75, 3.05) is 0 Å². The van der Waals surface area contributed by atoms with E-state index in [1.807, 2.05) is 0 Å². The fourth-order valence-electron chi connectivity index (χ4n) is 6.15. The average molecular weight is 628 g/mol. The monoisotopic (exact) mass is 625 g/mol. The minimum atomic E-state index is -1.14. The first-order chi connectivity index (χ1) is 18.0. The van der Waals surface area contributed by atoms with Crippen LogP contribution in [0.15, 0.2) is 103 Å². The maximum absolute atomic E-state index is 2.54. The molecule has 0 N–H and O–H groups in total. The van der Waals surface area contributed by atoms with Crippen LogP contribution in [0.1, 0.15) is 74.3 Å². The number of hydrogen-bond donors (Lipinski definition) is 0. The van der Waals surface area contributed by atoms with E-state index in [1.54, 1.807) is 14.3 Å². The minimum Gasteiger partial charge on any atom is -1.00 e. The molecule has 0 spiro atoms. The van der Waals surface area contributed by atoms with Crippen LogP contribution in [0.3, 0.4) is 0 Å². The first-order valence-electron chi connectivity index (χ1n) is 13.4. The van der Waals surface area contributed by atoms with Crippen molar-refractivity contribution in [3.8, 4) is 11.1 Å². The van der Waals surface area contributed by atoms with Gasteiger partial charge in [-0.1, -0.05) is 0 Å². The van der Waals surface area contributed by atoms with Crippen LogP contribution in [0, 0.1) is 13.8 Å². The van der Waals surface area contributed by atoms with E-state index in [4.69, 9.17) is 0 Å². The quantitative estimate of drug-likeness (QED) is 0.319. The molecule has 0 nitrogen and oxygen atoms in total. The molecule has 0 saturated carbocycles. The second kappa shape index (κ2) is 12.5. The summed E-state index contributed by atoms with van der Waals surface area (Å²) in [5.74, 6) is 0.503. The average Bonchev–Trinajstić information content (AvgIpc) is 3.54. The number of fused-ring (bicyclic) bond motifs is 3. The summed E-state index contributed by atoms with van der Waals surface area (Å²) in [4.78, 5) is 0. The van der Waals surface area contributed by atoms with Crippen LogP contribution in [-0.2, 0) is 22.8 Å². The third kappa shape index (κ3) is 5.52. The Hall–Kier alpha value is -2.31. The van der Waals surface area contributed by atoms with E-state index in [2.05, 4.69) is 131 Å². The fraction of sp³-hybridized carbons (Fsp3) is 0.194. The van der Waals surface area contributed by atoms with Crippen molar-refractivity contribution in [1.82, 2.24) is 0 Å². The van der Waals surface area contributed by atoms with Crippen LogP contribution in [0.4, 0.5) is 0 Å². The van der Waals surface area contributed by atoms with Gasteiger partial charge < -0.3 is 24.8 Å². The van der Waals surface area contributed by atoms with Crippen LogP contribution in [0.2, 0.25) is 0 Å². The molecule has 0 bridgehead atoms. The first kappa shape index (κ1) is 29.7. The van der Waals surface area contributed by atoms with Crippen LogP contribution in [-0.4, -0.2) is 3.21 Å². The van der Waals surface area contributed by atoms with Crippen molar-refractivity contribution in [2.24, 2.45) is 0 Å². The predicted octanol–water partition coefficient (Wildman–Crippen LogP) is 3.20. The van der Waals surface area contributed by atoms with E-state index < -0.39 is 22.8 Å². The van der Waals surface area contributed by atoms with Gasteiger partial charge in [-0.3, -0.25) is 0 Å². The van der Waals surface area contributed by atoms with Gasteiger partial charge in [-0.25, -0.2) is 0 Å². The summed E-state index contributed by atoms with van der Waals surface area (Å²) in [6.07, 6.45) is 7.96. The number of benzene rings is 4. The second-order valence-corrected chi connectivity index (χ2v) is 14.0. The molecular formula is C36H33Cl2Zr. The van der Waals surface area contributed by atoms with Gasteiger partial charge in [0.2, 0.25) is 0 Å². The molecule has 0 saturated heterocycles. The van der Waals surface area contributed by atoms with Gasteiger partial charge in [0.05, 0.1) is 0 Å². The van der Waals surface area contributed by atoms with E-state index in [0.29, 0.717) is 9.54 Å². The molecule has 1 atom stereocenters. The smallest absolute Gasteiger partial charge is 1.00 e. The van der Waals surface area contributed by atoms with Crippen molar-refractivity contribution in [3.63, 3.8) is 0 Å². The minimum absolute atomic E-state index is 0. The molecule has 4 aromatic rings. The van der Waals surface area contributed by atoms with Crippen molar-refractivity contribution in [2.45, 2.75) is 43.7 Å². The van der Waals surface area contributed by atoms with E-state index in [1.165, 1.54) is 50.1 Å². The standard InChI is InChI=1S/C23H23.C13H10.2ClH.Zr/c1-14(2)20-13-21-19-10-9-15(3)11-18(19)12-22(21)23(16(20)4)17-7-5-6-8-17;1-3-7-12(8-4-1)11-13-9-5-2-6-10-13;;;/h5-7,9-14H,8H2,1-4H3;1-10H;2*1H;/q;;;;+2/p-2. The number of hydrogen-bond acceptors (Lipinski definition) is 0. The van der Waals surface area contributed by atoms with E-state index in [9.17, 15) is 0 Å². The Bertz CT molecular complexity index is 1540. The van der Waals surface area contributed by atoms with Gasteiger partial charge in [0.1, 0.15) is 0 Å². The van der Waals surface area contributed by atoms with Gasteiger partial charge in [-0.2, -0.15) is 0 Å². The second-order valence-electron chi connectivity index (χ2n) is 10.7. The maximum Gasteiger partial charge on any atom is -1.00 e. The summed E-state index contributed by atoms with van der Waals surface area (Å²) in [6, 6.07) is 32.0. The molecule has 4 aromatic carbocycles. The van der Waals surface area contributed by atoms with Crippen molar-refractivity contribution >= 4 is 8.78 Å². The van der Waals surface area contributed by atoms with Crippen molar-refractivity contribution < 1.29 is 47.6 Å².